The maximum Gasteiger partial charge on any atom is 0.317 e. The lowest BCUT2D eigenvalue weighted by atomic mass is 10.00. The van der Waals surface area contributed by atoms with Gasteiger partial charge in [0.05, 0.1) is 10.0 Å². The number of hydrogen-bond donors (Lipinski definition) is 1. The van der Waals surface area contributed by atoms with Crippen molar-refractivity contribution in [2.75, 3.05) is 37.6 Å². The van der Waals surface area contributed by atoms with Crippen LogP contribution < -0.4 is 10.2 Å². The second-order valence-electron chi connectivity index (χ2n) is 7.05. The number of carbonyl (C=O) groups excluding carboxylic acids is 1. The Hall–Kier alpha value is -1.13. The van der Waals surface area contributed by atoms with Gasteiger partial charge in [-0.15, -0.1) is 0 Å². The van der Waals surface area contributed by atoms with E-state index in [0.29, 0.717) is 16.0 Å². The summed E-state index contributed by atoms with van der Waals surface area (Å²) in [5.74, 6) is 1.22. The molecule has 1 unspecified atom stereocenters. The van der Waals surface area contributed by atoms with Crippen LogP contribution in [0.3, 0.4) is 0 Å². The van der Waals surface area contributed by atoms with Crippen molar-refractivity contribution in [3.63, 3.8) is 0 Å². The molecule has 3 rings (SSSR count). The van der Waals surface area contributed by atoms with Crippen molar-refractivity contribution in [2.24, 2.45) is 11.8 Å². The Morgan fingerprint density at radius 3 is 2.62 bits per heavy atom. The van der Waals surface area contributed by atoms with Crippen LogP contribution in [0, 0.1) is 11.8 Å². The van der Waals surface area contributed by atoms with E-state index >= 15 is 0 Å². The minimum atomic E-state index is 0.0925. The summed E-state index contributed by atoms with van der Waals surface area (Å²) >= 11 is 12.1. The zero-order valence-electron chi connectivity index (χ0n) is 14.1. The van der Waals surface area contributed by atoms with Crippen molar-refractivity contribution < 1.29 is 4.79 Å². The van der Waals surface area contributed by atoms with Crippen LogP contribution in [0.2, 0.25) is 10.0 Å². The van der Waals surface area contributed by atoms with Crippen molar-refractivity contribution in [3.05, 3.63) is 28.2 Å². The minimum absolute atomic E-state index is 0.0925. The molecule has 2 fully saturated rings. The zero-order valence-corrected chi connectivity index (χ0v) is 15.6. The van der Waals surface area contributed by atoms with Crippen molar-refractivity contribution in [1.29, 1.82) is 0 Å². The molecule has 0 spiro atoms. The fraction of sp³-hybridized carbons (Fsp3) is 0.611. The molecule has 2 aliphatic rings. The molecule has 2 aliphatic heterocycles. The highest BCUT2D eigenvalue weighted by Gasteiger charge is 2.25. The lowest BCUT2D eigenvalue weighted by Crippen LogP contribution is -2.45. The van der Waals surface area contributed by atoms with Gasteiger partial charge in [-0.1, -0.05) is 30.1 Å². The van der Waals surface area contributed by atoms with Gasteiger partial charge in [0.15, 0.2) is 0 Å². The predicted octanol–water partition coefficient (Wildman–Crippen LogP) is 4.26. The summed E-state index contributed by atoms with van der Waals surface area (Å²) in [6.07, 6.45) is 3.31. The predicted molar refractivity (Wildman–Crippen MR) is 100 cm³/mol. The summed E-state index contributed by atoms with van der Waals surface area (Å²) in [6, 6.07) is 5.85. The molecule has 0 aliphatic carbocycles. The van der Waals surface area contributed by atoms with E-state index < -0.39 is 0 Å². The number of urea groups is 1. The highest BCUT2D eigenvalue weighted by molar-refractivity contribution is 6.42. The Morgan fingerprint density at radius 1 is 1.17 bits per heavy atom. The highest BCUT2D eigenvalue weighted by atomic mass is 35.5. The molecule has 132 valence electrons. The maximum atomic E-state index is 12.3. The summed E-state index contributed by atoms with van der Waals surface area (Å²) in [5.41, 5.74) is 1.10. The summed E-state index contributed by atoms with van der Waals surface area (Å²) in [4.78, 5) is 16.5. The van der Waals surface area contributed by atoms with E-state index in [9.17, 15) is 4.79 Å². The Morgan fingerprint density at radius 2 is 1.92 bits per heavy atom. The van der Waals surface area contributed by atoms with E-state index in [1.807, 2.05) is 23.1 Å². The molecule has 1 aromatic carbocycles. The molecule has 2 saturated heterocycles. The Bertz CT molecular complexity index is 588. The summed E-state index contributed by atoms with van der Waals surface area (Å²) in [7, 11) is 0. The van der Waals surface area contributed by atoms with E-state index in [1.165, 1.54) is 0 Å². The lowest BCUT2D eigenvalue weighted by molar-refractivity contribution is 0.173. The third-order valence-corrected chi connectivity index (χ3v) is 5.91. The number of hydrogen-bond acceptors (Lipinski definition) is 2. The molecule has 1 atom stereocenters. The molecule has 1 N–H and O–H groups in total. The van der Waals surface area contributed by atoms with E-state index in [0.717, 1.165) is 63.6 Å². The third-order valence-electron chi connectivity index (χ3n) is 5.17. The molecule has 0 saturated carbocycles. The van der Waals surface area contributed by atoms with Gasteiger partial charge in [-0.25, -0.2) is 4.79 Å². The zero-order chi connectivity index (χ0) is 17.1. The number of likely N-dealkylation sites (tertiary alicyclic amines) is 1. The average Bonchev–Trinajstić information content (AvgIpc) is 3.05. The van der Waals surface area contributed by atoms with Gasteiger partial charge in [-0.2, -0.15) is 0 Å². The first-order chi connectivity index (χ1) is 11.5. The smallest absolute Gasteiger partial charge is 0.317 e. The number of benzene rings is 1. The van der Waals surface area contributed by atoms with Crippen molar-refractivity contribution >= 4 is 34.9 Å². The number of amides is 2. The molecule has 24 heavy (non-hydrogen) atoms. The highest BCUT2D eigenvalue weighted by Crippen LogP contribution is 2.30. The monoisotopic (exact) mass is 369 g/mol. The van der Waals surface area contributed by atoms with Crippen molar-refractivity contribution in [3.8, 4) is 0 Å². The summed E-state index contributed by atoms with van der Waals surface area (Å²) < 4.78 is 0. The number of anilines is 1. The van der Waals surface area contributed by atoms with Gasteiger partial charge in [0.25, 0.3) is 0 Å². The number of piperidine rings is 1. The first-order valence-corrected chi connectivity index (χ1v) is 9.51. The van der Waals surface area contributed by atoms with Crippen LogP contribution in [0.15, 0.2) is 18.2 Å². The molecule has 0 aromatic heterocycles. The normalized spacial score (nSPS) is 22.0. The van der Waals surface area contributed by atoms with E-state index in [2.05, 4.69) is 17.1 Å². The molecule has 2 heterocycles. The third kappa shape index (κ3) is 4.28. The van der Waals surface area contributed by atoms with Crippen molar-refractivity contribution in [2.45, 2.75) is 26.2 Å². The van der Waals surface area contributed by atoms with Gasteiger partial charge in [0, 0.05) is 38.4 Å². The molecule has 2 amide bonds. The van der Waals surface area contributed by atoms with Crippen LogP contribution >= 0.6 is 23.2 Å². The van der Waals surface area contributed by atoms with E-state index in [1.54, 1.807) is 0 Å². The number of nitrogens with one attached hydrogen (secondary N) is 1. The van der Waals surface area contributed by atoms with Gasteiger partial charge < -0.3 is 15.1 Å². The second-order valence-corrected chi connectivity index (χ2v) is 7.87. The molecule has 4 nitrogen and oxygen atoms in total. The van der Waals surface area contributed by atoms with Crippen LogP contribution in [-0.4, -0.2) is 43.7 Å². The lowest BCUT2D eigenvalue weighted by Gasteiger charge is -2.30. The average molecular weight is 370 g/mol. The molecular weight excluding hydrogens is 345 g/mol. The standard InChI is InChI=1S/C18H25Cl2N3O/c1-13-4-7-22(8-5-13)18(24)21-11-14-6-9-23(12-14)15-2-3-16(19)17(20)10-15/h2-3,10,13-14H,4-9,11-12H2,1H3,(H,21,24). The van der Waals surface area contributed by atoms with Gasteiger partial charge in [-0.05, 0) is 49.3 Å². The fourth-order valence-corrected chi connectivity index (χ4v) is 3.76. The largest absolute Gasteiger partial charge is 0.371 e. The molecule has 0 bridgehead atoms. The van der Waals surface area contributed by atoms with Gasteiger partial charge in [0.1, 0.15) is 0 Å². The number of nitrogens with zero attached hydrogens (tertiary/aromatic N) is 2. The first kappa shape index (κ1) is 17.7. The number of rotatable bonds is 3. The molecule has 1 aromatic rings. The molecule has 6 heteroatoms. The molecule has 0 radical (unpaired) electrons. The van der Waals surface area contributed by atoms with Gasteiger partial charge in [-0.3, -0.25) is 0 Å². The quantitative estimate of drug-likeness (QED) is 0.863. The second kappa shape index (κ2) is 7.83. The van der Waals surface area contributed by atoms with Crippen LogP contribution in [-0.2, 0) is 0 Å². The maximum absolute atomic E-state index is 12.3. The summed E-state index contributed by atoms with van der Waals surface area (Å²) in [6.45, 7) is 6.68. The van der Waals surface area contributed by atoms with Crippen LogP contribution in [0.5, 0.6) is 0 Å². The van der Waals surface area contributed by atoms with Crippen LogP contribution in [0.1, 0.15) is 26.2 Å². The van der Waals surface area contributed by atoms with E-state index in [4.69, 9.17) is 23.2 Å². The topological polar surface area (TPSA) is 35.6 Å². The number of halogens is 2. The van der Waals surface area contributed by atoms with Crippen molar-refractivity contribution in [1.82, 2.24) is 10.2 Å². The SMILES string of the molecule is CC1CCN(C(=O)NCC2CCN(c3ccc(Cl)c(Cl)c3)C2)CC1. The number of carbonyl (C=O) groups is 1. The molecular formula is C18H25Cl2N3O. The Kier molecular flexibility index (Phi) is 5.77. The van der Waals surface area contributed by atoms with Crippen LogP contribution in [0.25, 0.3) is 0 Å². The van der Waals surface area contributed by atoms with E-state index in [-0.39, 0.29) is 6.03 Å². The minimum Gasteiger partial charge on any atom is -0.371 e. The fourth-order valence-electron chi connectivity index (χ4n) is 3.47. The van der Waals surface area contributed by atoms with Gasteiger partial charge >= 0.3 is 6.03 Å². The first-order valence-electron chi connectivity index (χ1n) is 8.75. The Balaban J connectivity index is 1.46. The summed E-state index contributed by atoms with van der Waals surface area (Å²) in [5, 5.41) is 4.29. The van der Waals surface area contributed by atoms with Crippen LogP contribution in [0.4, 0.5) is 10.5 Å². The Labute approximate surface area is 154 Å². The van der Waals surface area contributed by atoms with Gasteiger partial charge in [0.2, 0.25) is 0 Å².